The van der Waals surface area contributed by atoms with Crippen LogP contribution in [0.1, 0.15) is 32.3 Å². The van der Waals surface area contributed by atoms with Crippen LogP contribution in [-0.2, 0) is 6.54 Å². The fraction of sp³-hybridized carbons (Fsp3) is 0.833. The molecule has 1 unspecified atom stereocenters. The number of likely N-dealkylation sites (N-methyl/N-ethyl adjacent to an activating group) is 1. The van der Waals surface area contributed by atoms with Crippen LogP contribution in [0.5, 0.6) is 0 Å². The summed E-state index contributed by atoms with van der Waals surface area (Å²) in [5, 5.41) is 14.3. The highest BCUT2D eigenvalue weighted by molar-refractivity contribution is 7.71. The highest BCUT2D eigenvalue weighted by atomic mass is 36.5. The Hall–Kier alpha value is -0.180. The molecule has 1 aromatic rings. The molecule has 0 saturated carbocycles. The van der Waals surface area contributed by atoms with Gasteiger partial charge in [-0.15, -0.1) is 5.10 Å². The second kappa shape index (κ2) is 10.5. The van der Waals surface area contributed by atoms with E-state index in [0.717, 1.165) is 6.54 Å². The Labute approximate surface area is 140 Å². The van der Waals surface area contributed by atoms with Crippen molar-refractivity contribution in [2.24, 2.45) is 11.7 Å². The topological polar surface area (TPSA) is 80.4 Å². The third-order valence-electron chi connectivity index (χ3n) is 2.78. The zero-order valence-electron chi connectivity index (χ0n) is 12.8. The fourth-order valence-corrected chi connectivity index (χ4v) is 1.95. The first-order chi connectivity index (χ1) is 9.81. The highest BCUT2D eigenvalue weighted by Gasteiger charge is 2.23. The maximum atomic E-state index is 10.1. The Morgan fingerprint density at radius 2 is 2.00 bits per heavy atom. The van der Waals surface area contributed by atoms with Gasteiger partial charge in [0.15, 0.2) is 0 Å². The van der Waals surface area contributed by atoms with Gasteiger partial charge < -0.3 is 20.2 Å². The van der Waals surface area contributed by atoms with E-state index in [1.807, 2.05) is 19.0 Å². The Balaban J connectivity index is 0.00000191. The lowest BCUT2D eigenvalue weighted by Crippen LogP contribution is -2.30. The Morgan fingerprint density at radius 3 is 2.48 bits per heavy atom. The van der Waals surface area contributed by atoms with Crippen molar-refractivity contribution < 1.29 is 9.52 Å². The number of aromatic nitrogens is 2. The summed E-state index contributed by atoms with van der Waals surface area (Å²) in [6, 6.07) is -0.393. The monoisotopic (exact) mass is 358 g/mol. The number of nitrogens with two attached hydrogens (primary N) is 1. The molecule has 124 valence electrons. The van der Waals surface area contributed by atoms with Crippen molar-refractivity contribution in [2.45, 2.75) is 39.0 Å². The molecule has 0 aromatic carbocycles. The number of halogens is 2. The molecule has 0 aliphatic carbocycles. The molecule has 0 spiro atoms. The number of nitrogens with zero attached hydrogens (tertiary/aromatic N) is 3. The smallest absolute Gasteiger partial charge is 0.287 e. The van der Waals surface area contributed by atoms with Gasteiger partial charge in [-0.05, 0) is 38.7 Å². The third kappa shape index (κ3) is 7.58. The second-order valence-electron chi connectivity index (χ2n) is 5.47. The van der Waals surface area contributed by atoms with Crippen LogP contribution in [0.3, 0.4) is 0 Å². The van der Waals surface area contributed by atoms with Crippen LogP contribution in [0, 0.1) is 10.8 Å². The van der Waals surface area contributed by atoms with Crippen LogP contribution >= 0.6 is 33.9 Å². The number of hydrogen-bond acceptors (Lipinski definition) is 6. The second-order valence-corrected chi connectivity index (χ2v) is 5.82. The van der Waals surface area contributed by atoms with Gasteiger partial charge in [0.05, 0.1) is 6.54 Å². The molecule has 6 nitrogen and oxygen atoms in total. The molecular weight excluding hydrogens is 335 g/mol. The molecule has 3 N–H and O–H groups in total. The van der Waals surface area contributed by atoms with Crippen molar-refractivity contribution in [1.29, 1.82) is 0 Å². The van der Waals surface area contributed by atoms with Crippen molar-refractivity contribution in [3.05, 3.63) is 10.7 Å². The molecule has 0 aliphatic heterocycles. The Kier molecular flexibility index (Phi) is 10.4. The minimum atomic E-state index is -0.912. The van der Waals surface area contributed by atoms with E-state index in [-0.39, 0.29) is 10.7 Å². The Morgan fingerprint density at radius 1 is 1.43 bits per heavy atom. The average molecular weight is 359 g/mol. The minimum Gasteiger partial charge on any atom is -0.411 e. The summed E-state index contributed by atoms with van der Waals surface area (Å²) < 4.78 is 6.91. The maximum absolute atomic E-state index is 10.1. The zero-order valence-corrected chi connectivity index (χ0v) is 15.1. The lowest BCUT2D eigenvalue weighted by Gasteiger charge is -2.17. The molecule has 9 heteroatoms. The van der Waals surface area contributed by atoms with E-state index in [4.69, 9.17) is 22.4 Å². The lowest BCUT2D eigenvalue weighted by atomic mass is 10.0. The van der Waals surface area contributed by atoms with E-state index < -0.39 is 12.1 Å². The molecule has 0 aliphatic rings. The molecule has 0 radical (unpaired) electrons. The predicted octanol–water partition coefficient (Wildman–Crippen LogP) is 2.55. The molecule has 1 aromatic heterocycles. The summed E-state index contributed by atoms with van der Waals surface area (Å²) in [6.45, 7) is 5.53. The molecule has 0 bridgehead atoms. The molecule has 1 heterocycles. The van der Waals surface area contributed by atoms with Gasteiger partial charge in [-0.2, -0.15) is 0 Å². The van der Waals surface area contributed by atoms with Crippen LogP contribution in [0.25, 0.3) is 0 Å². The average Bonchev–Trinajstić information content (AvgIpc) is 2.78. The highest BCUT2D eigenvalue weighted by Crippen LogP contribution is 2.19. The number of hydrogen-bond donors (Lipinski definition) is 2. The zero-order chi connectivity index (χ0) is 16.6. The van der Waals surface area contributed by atoms with Gasteiger partial charge in [-0.1, -0.05) is 13.8 Å². The first kappa shape index (κ1) is 20.8. The van der Waals surface area contributed by atoms with Crippen LogP contribution in [-0.4, -0.2) is 46.5 Å². The van der Waals surface area contributed by atoms with Gasteiger partial charge in [-0.25, -0.2) is 4.68 Å². The van der Waals surface area contributed by atoms with Crippen LogP contribution in [0.4, 0.5) is 0 Å². The Bertz CT molecular complexity index is 451. The summed E-state index contributed by atoms with van der Waals surface area (Å²) in [5.74, 6) is 0.611. The summed E-state index contributed by atoms with van der Waals surface area (Å²) >= 11 is 5.08. The number of aliphatic hydroxyl groups excluding tert-OH is 1. The van der Waals surface area contributed by atoms with Gasteiger partial charge in [0.1, 0.15) is 6.10 Å². The summed E-state index contributed by atoms with van der Waals surface area (Å²) in [4.78, 5) is 2.30. The van der Waals surface area contributed by atoms with Gasteiger partial charge in [0.2, 0.25) is 5.89 Å². The quantitative estimate of drug-likeness (QED) is 0.729. The standard InChI is InChI=1S/C12H24N4O2S.Cl2/c1-8(2)7-9(13)10(17)11-14-16(12(19)18-11)6-5-15(3)4;1-2/h8-10,17H,5-7,13H2,1-4H3;/t9-,10?;/m0./s1. The normalized spacial score (nSPS) is 14.0. The molecule has 0 saturated heterocycles. The van der Waals surface area contributed by atoms with Crippen LogP contribution < -0.4 is 5.73 Å². The number of aliphatic hydroxyl groups is 1. The van der Waals surface area contributed by atoms with E-state index in [9.17, 15) is 5.11 Å². The van der Waals surface area contributed by atoms with Gasteiger partial charge in [0, 0.05) is 34.3 Å². The summed E-state index contributed by atoms with van der Waals surface area (Å²) in [5.41, 5.74) is 5.93. The van der Waals surface area contributed by atoms with Crippen LogP contribution in [0.15, 0.2) is 4.42 Å². The van der Waals surface area contributed by atoms with E-state index in [0.29, 0.717) is 18.9 Å². The lowest BCUT2D eigenvalue weighted by molar-refractivity contribution is 0.106. The van der Waals surface area contributed by atoms with Crippen LogP contribution in [0.2, 0.25) is 0 Å². The molecular formula is C12H24Cl2N4O2S. The third-order valence-corrected chi connectivity index (χ3v) is 3.08. The first-order valence-corrected chi connectivity index (χ1v) is 8.17. The van der Waals surface area contributed by atoms with Crippen molar-refractivity contribution in [1.82, 2.24) is 14.7 Å². The largest absolute Gasteiger partial charge is 0.411 e. The van der Waals surface area contributed by atoms with Gasteiger partial charge in [0.25, 0.3) is 4.84 Å². The van der Waals surface area contributed by atoms with E-state index in [1.54, 1.807) is 4.68 Å². The van der Waals surface area contributed by atoms with Gasteiger partial charge in [-0.3, -0.25) is 0 Å². The number of rotatable bonds is 7. The van der Waals surface area contributed by atoms with Crippen molar-refractivity contribution >= 4 is 33.9 Å². The molecule has 21 heavy (non-hydrogen) atoms. The summed E-state index contributed by atoms with van der Waals surface area (Å²) in [7, 11) is 12.2. The van der Waals surface area contributed by atoms with Crippen molar-refractivity contribution in [2.75, 3.05) is 20.6 Å². The van der Waals surface area contributed by atoms with Crippen molar-refractivity contribution in [3.63, 3.8) is 0 Å². The van der Waals surface area contributed by atoms with E-state index in [2.05, 4.69) is 40.7 Å². The molecule has 0 fully saturated rings. The maximum Gasteiger partial charge on any atom is 0.287 e. The fourth-order valence-electron chi connectivity index (χ4n) is 1.73. The van der Waals surface area contributed by atoms with Crippen molar-refractivity contribution in [3.8, 4) is 0 Å². The molecule has 1 rings (SSSR count). The van der Waals surface area contributed by atoms with Gasteiger partial charge >= 0.3 is 0 Å². The predicted molar refractivity (Wildman–Crippen MR) is 88.0 cm³/mol. The summed E-state index contributed by atoms with van der Waals surface area (Å²) in [6.07, 6.45) is -0.210. The SMILES string of the molecule is CC(C)C[C@H](N)C(O)c1nn(CCN(C)C)c(=S)o1.ClCl. The molecule has 2 atom stereocenters. The molecule has 0 amide bonds. The first-order valence-electron chi connectivity index (χ1n) is 6.61. The van der Waals surface area contributed by atoms with E-state index in [1.165, 1.54) is 0 Å². The van der Waals surface area contributed by atoms with E-state index >= 15 is 0 Å². The minimum absolute atomic E-state index is 0.205.